The Bertz CT molecular complexity index is 352. The second-order valence-electron chi connectivity index (χ2n) is 3.59. The lowest BCUT2D eigenvalue weighted by molar-refractivity contribution is -0.121. The Morgan fingerprint density at radius 2 is 2.00 bits per heavy atom. The van der Waals surface area contributed by atoms with E-state index in [1.165, 1.54) is 0 Å². The molecule has 0 radical (unpaired) electrons. The first-order valence-corrected chi connectivity index (χ1v) is 6.84. The lowest BCUT2D eigenvalue weighted by Gasteiger charge is -2.08. The van der Waals surface area contributed by atoms with Crippen molar-refractivity contribution in [1.82, 2.24) is 10.0 Å². The molecule has 6 nitrogen and oxygen atoms in total. The van der Waals surface area contributed by atoms with Gasteiger partial charge in [-0.3, -0.25) is 4.79 Å². The van der Waals surface area contributed by atoms with Gasteiger partial charge in [0, 0.05) is 19.0 Å². The molecule has 0 saturated carbocycles. The van der Waals surface area contributed by atoms with Crippen LogP contribution >= 0.6 is 12.2 Å². The largest absolute Gasteiger partial charge is 0.392 e. The van der Waals surface area contributed by atoms with E-state index in [4.69, 9.17) is 5.73 Å². The van der Waals surface area contributed by atoms with Crippen LogP contribution in [0.15, 0.2) is 0 Å². The van der Waals surface area contributed by atoms with Gasteiger partial charge in [-0.25, -0.2) is 13.1 Å². The van der Waals surface area contributed by atoms with E-state index in [-0.39, 0.29) is 29.9 Å². The molecule has 0 fully saturated rings. The standard InChI is InChI=1S/C8H17N3O3S2/c1-6(2)11-8(12)3-4-10-16(13,14)5-7(9)15/h6,10H,3-5H2,1-2H3,(H2,9,15)(H,11,12). The predicted octanol–water partition coefficient (Wildman–Crippen LogP) is -0.893. The molecule has 0 aliphatic carbocycles. The third kappa shape index (κ3) is 8.57. The molecule has 0 rings (SSSR count). The van der Waals surface area contributed by atoms with Crippen LogP contribution in [0.5, 0.6) is 0 Å². The van der Waals surface area contributed by atoms with Gasteiger partial charge in [-0.15, -0.1) is 0 Å². The number of hydrogen-bond acceptors (Lipinski definition) is 4. The van der Waals surface area contributed by atoms with Crippen molar-refractivity contribution in [3.63, 3.8) is 0 Å². The van der Waals surface area contributed by atoms with E-state index in [1.807, 2.05) is 13.8 Å². The molecule has 0 unspecified atom stereocenters. The van der Waals surface area contributed by atoms with E-state index in [0.29, 0.717) is 0 Å². The number of carbonyl (C=O) groups is 1. The number of hydrogen-bond donors (Lipinski definition) is 3. The van der Waals surface area contributed by atoms with Crippen LogP contribution in [0.1, 0.15) is 20.3 Å². The van der Waals surface area contributed by atoms with E-state index in [1.54, 1.807) is 0 Å². The molecule has 0 aliphatic rings. The van der Waals surface area contributed by atoms with E-state index in [2.05, 4.69) is 22.3 Å². The first kappa shape index (κ1) is 15.3. The summed E-state index contributed by atoms with van der Waals surface area (Å²) < 4.78 is 24.7. The number of thiocarbonyl (C=S) groups is 1. The summed E-state index contributed by atoms with van der Waals surface area (Å²) in [4.78, 5) is 11.1. The molecule has 0 aromatic heterocycles. The van der Waals surface area contributed by atoms with Crippen molar-refractivity contribution >= 4 is 33.1 Å². The number of nitrogens with two attached hydrogens (primary N) is 1. The zero-order chi connectivity index (χ0) is 12.8. The number of carbonyl (C=O) groups excluding carboxylic acids is 1. The van der Waals surface area contributed by atoms with Gasteiger partial charge in [-0.2, -0.15) is 0 Å². The zero-order valence-corrected chi connectivity index (χ0v) is 11.0. The fraction of sp³-hybridized carbons (Fsp3) is 0.750. The fourth-order valence-corrected chi connectivity index (χ4v) is 2.31. The summed E-state index contributed by atoms with van der Waals surface area (Å²) in [7, 11) is -3.50. The monoisotopic (exact) mass is 267 g/mol. The van der Waals surface area contributed by atoms with Crippen molar-refractivity contribution in [2.75, 3.05) is 12.3 Å². The van der Waals surface area contributed by atoms with Crippen molar-refractivity contribution in [2.24, 2.45) is 5.73 Å². The molecule has 94 valence electrons. The van der Waals surface area contributed by atoms with Crippen LogP contribution in [0.3, 0.4) is 0 Å². The summed E-state index contributed by atoms with van der Waals surface area (Å²) >= 11 is 4.48. The molecule has 0 saturated heterocycles. The van der Waals surface area contributed by atoms with Crippen LogP contribution in [-0.4, -0.2) is 37.7 Å². The van der Waals surface area contributed by atoms with Gasteiger partial charge >= 0.3 is 0 Å². The Morgan fingerprint density at radius 1 is 1.44 bits per heavy atom. The Hall–Kier alpha value is -0.730. The minimum Gasteiger partial charge on any atom is -0.392 e. The summed E-state index contributed by atoms with van der Waals surface area (Å²) in [6.45, 7) is 3.70. The first-order chi connectivity index (χ1) is 7.23. The Kier molecular flexibility index (Phi) is 6.46. The van der Waals surface area contributed by atoms with Gasteiger partial charge in [0.2, 0.25) is 15.9 Å². The summed E-state index contributed by atoms with van der Waals surface area (Å²) in [6, 6.07) is 0.0423. The smallest absolute Gasteiger partial charge is 0.221 e. The molecular formula is C8H17N3O3S2. The molecule has 0 spiro atoms. The van der Waals surface area contributed by atoms with Gasteiger partial charge < -0.3 is 11.1 Å². The molecule has 16 heavy (non-hydrogen) atoms. The summed E-state index contributed by atoms with van der Waals surface area (Å²) in [5.41, 5.74) is 5.11. The normalized spacial score (nSPS) is 11.4. The molecular weight excluding hydrogens is 250 g/mol. The molecule has 0 aromatic rings. The van der Waals surface area contributed by atoms with Crippen molar-refractivity contribution < 1.29 is 13.2 Å². The molecule has 0 atom stereocenters. The van der Waals surface area contributed by atoms with Crippen LogP contribution in [0.25, 0.3) is 0 Å². The summed E-state index contributed by atoms with van der Waals surface area (Å²) in [5, 5.41) is 2.65. The molecule has 1 amide bonds. The Labute approximate surface area is 101 Å². The maximum absolute atomic E-state index is 11.2. The first-order valence-electron chi connectivity index (χ1n) is 4.78. The van der Waals surface area contributed by atoms with E-state index >= 15 is 0 Å². The maximum atomic E-state index is 11.2. The van der Waals surface area contributed by atoms with E-state index < -0.39 is 15.8 Å². The van der Waals surface area contributed by atoms with Gasteiger partial charge in [0.1, 0.15) is 5.75 Å². The second-order valence-corrected chi connectivity index (χ2v) is 5.92. The highest BCUT2D eigenvalue weighted by Gasteiger charge is 2.12. The average Bonchev–Trinajstić information content (AvgIpc) is 1.98. The molecule has 4 N–H and O–H groups in total. The van der Waals surface area contributed by atoms with Crippen LogP contribution in [0.2, 0.25) is 0 Å². The Morgan fingerprint density at radius 3 is 2.44 bits per heavy atom. The van der Waals surface area contributed by atoms with Gasteiger partial charge in [-0.05, 0) is 13.8 Å². The SMILES string of the molecule is CC(C)NC(=O)CCNS(=O)(=O)CC(N)=S. The summed E-state index contributed by atoms with van der Waals surface area (Å²) in [5.74, 6) is -0.596. The highest BCUT2D eigenvalue weighted by atomic mass is 32.2. The number of nitrogens with one attached hydrogen (secondary N) is 2. The molecule has 0 aliphatic heterocycles. The average molecular weight is 267 g/mol. The minimum atomic E-state index is -3.50. The van der Waals surface area contributed by atoms with Crippen LogP contribution in [0, 0.1) is 0 Å². The van der Waals surface area contributed by atoms with Crippen molar-refractivity contribution in [3.05, 3.63) is 0 Å². The molecule has 8 heteroatoms. The fourth-order valence-electron chi connectivity index (χ4n) is 0.953. The van der Waals surface area contributed by atoms with Gasteiger partial charge in [0.15, 0.2) is 0 Å². The van der Waals surface area contributed by atoms with Crippen LogP contribution < -0.4 is 15.8 Å². The quantitative estimate of drug-likeness (QED) is 0.519. The molecule has 0 aromatic carbocycles. The number of rotatable bonds is 7. The van der Waals surface area contributed by atoms with E-state index in [9.17, 15) is 13.2 Å². The topological polar surface area (TPSA) is 101 Å². The third-order valence-corrected chi connectivity index (χ3v) is 3.12. The van der Waals surface area contributed by atoms with Gasteiger partial charge in [0.05, 0.1) is 4.99 Å². The zero-order valence-electron chi connectivity index (χ0n) is 9.32. The van der Waals surface area contributed by atoms with Crippen molar-refractivity contribution in [2.45, 2.75) is 26.3 Å². The summed E-state index contributed by atoms with van der Waals surface area (Å²) in [6.07, 6.45) is 0.0920. The van der Waals surface area contributed by atoms with Crippen molar-refractivity contribution in [3.8, 4) is 0 Å². The van der Waals surface area contributed by atoms with Gasteiger partial charge in [0.25, 0.3) is 0 Å². The van der Waals surface area contributed by atoms with Crippen LogP contribution in [-0.2, 0) is 14.8 Å². The third-order valence-electron chi connectivity index (χ3n) is 1.46. The lowest BCUT2D eigenvalue weighted by atomic mass is 10.3. The second kappa shape index (κ2) is 6.77. The molecule has 0 bridgehead atoms. The predicted molar refractivity (Wildman–Crippen MR) is 66.5 cm³/mol. The number of amides is 1. The highest BCUT2D eigenvalue weighted by Crippen LogP contribution is 1.87. The lowest BCUT2D eigenvalue weighted by Crippen LogP contribution is -2.36. The van der Waals surface area contributed by atoms with Crippen LogP contribution in [0.4, 0.5) is 0 Å². The minimum absolute atomic E-state index is 0.0423. The number of sulfonamides is 1. The molecule has 0 heterocycles. The van der Waals surface area contributed by atoms with E-state index in [0.717, 1.165) is 0 Å². The highest BCUT2D eigenvalue weighted by molar-refractivity contribution is 7.92. The van der Waals surface area contributed by atoms with Crippen molar-refractivity contribution in [1.29, 1.82) is 0 Å². The Balaban J connectivity index is 3.90. The maximum Gasteiger partial charge on any atom is 0.221 e. The van der Waals surface area contributed by atoms with Gasteiger partial charge in [-0.1, -0.05) is 12.2 Å².